The molecular weight excluding hydrogens is 428 g/mol. The van der Waals surface area contributed by atoms with Crippen molar-refractivity contribution in [1.82, 2.24) is 20.1 Å². The summed E-state index contributed by atoms with van der Waals surface area (Å²) in [6.45, 7) is 9.73. The predicted octanol–water partition coefficient (Wildman–Crippen LogP) is 5.62. The molecule has 0 aliphatic carbocycles. The van der Waals surface area contributed by atoms with Crippen LogP contribution in [0.1, 0.15) is 49.3 Å². The van der Waals surface area contributed by atoms with Crippen LogP contribution in [0.15, 0.2) is 53.7 Å². The molecule has 0 saturated heterocycles. The number of halogens is 1. The van der Waals surface area contributed by atoms with E-state index in [0.717, 1.165) is 16.6 Å². The maximum Gasteiger partial charge on any atom is 0.227 e. The average Bonchev–Trinajstić information content (AvgIpc) is 3.17. The van der Waals surface area contributed by atoms with Crippen LogP contribution in [0.25, 0.3) is 5.69 Å². The van der Waals surface area contributed by atoms with Gasteiger partial charge in [0.1, 0.15) is 0 Å². The van der Waals surface area contributed by atoms with E-state index >= 15 is 0 Å². The van der Waals surface area contributed by atoms with E-state index in [9.17, 15) is 4.79 Å². The van der Waals surface area contributed by atoms with Crippen molar-refractivity contribution >= 4 is 29.3 Å². The van der Waals surface area contributed by atoms with Crippen LogP contribution in [0.2, 0.25) is 0 Å². The smallest absolute Gasteiger partial charge is 0.227 e. The fourth-order valence-electron chi connectivity index (χ4n) is 3.06. The van der Waals surface area contributed by atoms with Gasteiger partial charge in [-0.05, 0) is 52.3 Å². The third kappa shape index (κ3) is 5.69. The summed E-state index contributed by atoms with van der Waals surface area (Å²) in [5, 5.41) is 12.7. The summed E-state index contributed by atoms with van der Waals surface area (Å²) in [6.07, 6.45) is 0. The molecule has 3 rings (SSSR count). The molecule has 2 aromatic carbocycles. The number of carbonyl (C=O) groups excluding carboxylic acids is 1. The van der Waals surface area contributed by atoms with Crippen molar-refractivity contribution in [2.75, 3.05) is 5.88 Å². The highest BCUT2D eigenvalue weighted by molar-refractivity contribution is 7.98. The molecule has 0 spiro atoms. The molecule has 1 N–H and O–H groups in total. The zero-order valence-electron chi connectivity index (χ0n) is 18.6. The summed E-state index contributed by atoms with van der Waals surface area (Å²) >= 11 is 7.61. The minimum atomic E-state index is -0.659. The second-order valence-electron chi connectivity index (χ2n) is 8.50. The minimum Gasteiger partial charge on any atom is -0.346 e. The van der Waals surface area contributed by atoms with Gasteiger partial charge in [0.15, 0.2) is 11.0 Å². The Hall–Kier alpha value is -2.31. The number of aryl methyl sites for hydroxylation is 2. The van der Waals surface area contributed by atoms with Gasteiger partial charge in [-0.25, -0.2) is 0 Å². The van der Waals surface area contributed by atoms with Gasteiger partial charge in [0.2, 0.25) is 5.91 Å². The topological polar surface area (TPSA) is 59.8 Å². The zero-order chi connectivity index (χ0) is 22.6. The van der Waals surface area contributed by atoms with Gasteiger partial charge in [-0.1, -0.05) is 59.3 Å². The van der Waals surface area contributed by atoms with Gasteiger partial charge in [0.05, 0.1) is 11.5 Å². The molecule has 1 aromatic heterocycles. The monoisotopic (exact) mass is 456 g/mol. The number of amides is 1. The first kappa shape index (κ1) is 23.4. The van der Waals surface area contributed by atoms with Crippen molar-refractivity contribution in [1.29, 1.82) is 0 Å². The third-order valence-corrected chi connectivity index (χ3v) is 6.75. The van der Waals surface area contributed by atoms with E-state index in [-0.39, 0.29) is 17.8 Å². The number of nitrogens with one attached hydrogen (secondary N) is 1. The summed E-state index contributed by atoms with van der Waals surface area (Å²) < 4.78 is 2.03. The van der Waals surface area contributed by atoms with E-state index < -0.39 is 5.41 Å². The fraction of sp³-hybridized carbons (Fsp3) is 0.375. The van der Waals surface area contributed by atoms with Crippen LogP contribution in [0, 0.1) is 19.3 Å². The predicted molar refractivity (Wildman–Crippen MR) is 128 cm³/mol. The lowest BCUT2D eigenvalue weighted by Gasteiger charge is -2.23. The largest absolute Gasteiger partial charge is 0.346 e. The number of carbonyl (C=O) groups is 1. The van der Waals surface area contributed by atoms with E-state index in [4.69, 9.17) is 11.6 Å². The molecule has 7 heteroatoms. The molecule has 1 amide bonds. The Bertz CT molecular complexity index is 1050. The first-order valence-corrected chi connectivity index (χ1v) is 11.8. The molecule has 0 bridgehead atoms. The van der Waals surface area contributed by atoms with E-state index in [0.29, 0.717) is 5.82 Å². The van der Waals surface area contributed by atoms with Crippen molar-refractivity contribution in [2.45, 2.75) is 51.6 Å². The van der Waals surface area contributed by atoms with Gasteiger partial charge in [0.25, 0.3) is 0 Å². The quantitative estimate of drug-likeness (QED) is 0.353. The number of thioether (sulfide) groups is 1. The molecule has 1 heterocycles. The Balaban J connectivity index is 1.92. The van der Waals surface area contributed by atoms with Gasteiger partial charge in [-0.15, -0.1) is 21.8 Å². The molecular formula is C24H29ClN4OS. The Morgan fingerprint density at radius 2 is 1.84 bits per heavy atom. The van der Waals surface area contributed by atoms with E-state index in [1.54, 1.807) is 11.8 Å². The van der Waals surface area contributed by atoms with Gasteiger partial charge in [-0.2, -0.15) is 0 Å². The van der Waals surface area contributed by atoms with Crippen molar-refractivity contribution < 1.29 is 4.79 Å². The standard InChI is InChI=1S/C24H29ClN4OS/c1-16-9-11-20(12-10-16)29-21(18(3)26-22(30)24(4,5)15-25)27-28-23(29)31-14-19-8-6-7-17(2)13-19/h6-13,18H,14-15H2,1-5H3,(H,26,30). The lowest BCUT2D eigenvalue weighted by molar-refractivity contribution is -0.129. The highest BCUT2D eigenvalue weighted by Gasteiger charge is 2.29. The molecule has 164 valence electrons. The van der Waals surface area contributed by atoms with Gasteiger partial charge >= 0.3 is 0 Å². The minimum absolute atomic E-state index is 0.109. The molecule has 3 aromatic rings. The molecule has 0 saturated carbocycles. The molecule has 0 aliphatic heterocycles. The van der Waals surface area contributed by atoms with Gasteiger partial charge < -0.3 is 5.32 Å². The first-order valence-electron chi connectivity index (χ1n) is 10.3. The summed E-state index contributed by atoms with van der Waals surface area (Å²) in [7, 11) is 0. The van der Waals surface area contributed by atoms with Crippen molar-refractivity contribution in [3.63, 3.8) is 0 Å². The third-order valence-electron chi connectivity index (χ3n) is 5.08. The van der Waals surface area contributed by atoms with Crippen LogP contribution < -0.4 is 5.32 Å². The number of hydrogen-bond acceptors (Lipinski definition) is 4. The Morgan fingerprint density at radius 3 is 2.48 bits per heavy atom. The number of aromatic nitrogens is 3. The summed E-state index contributed by atoms with van der Waals surface area (Å²) in [5.41, 5.74) is 3.95. The zero-order valence-corrected chi connectivity index (χ0v) is 20.2. The maximum atomic E-state index is 12.7. The lowest BCUT2D eigenvalue weighted by atomic mass is 9.95. The van der Waals surface area contributed by atoms with Crippen LogP contribution in [0.5, 0.6) is 0 Å². The summed E-state index contributed by atoms with van der Waals surface area (Å²) in [4.78, 5) is 12.7. The van der Waals surface area contributed by atoms with Crippen molar-refractivity contribution in [3.8, 4) is 5.69 Å². The maximum absolute atomic E-state index is 12.7. The van der Waals surface area contributed by atoms with E-state index in [1.165, 1.54) is 16.7 Å². The fourth-order valence-corrected chi connectivity index (χ4v) is 4.08. The SMILES string of the molecule is Cc1ccc(-n2c(SCc3cccc(C)c3)nnc2C(C)NC(=O)C(C)(C)CCl)cc1. The molecule has 5 nitrogen and oxygen atoms in total. The number of alkyl halides is 1. The molecule has 0 aliphatic rings. The average molecular weight is 457 g/mol. The molecule has 0 radical (unpaired) electrons. The Kier molecular flexibility index (Phi) is 7.44. The molecule has 0 fully saturated rings. The van der Waals surface area contributed by atoms with Gasteiger partial charge in [0, 0.05) is 17.3 Å². The van der Waals surface area contributed by atoms with Crippen LogP contribution >= 0.6 is 23.4 Å². The van der Waals surface area contributed by atoms with E-state index in [2.05, 4.69) is 77.9 Å². The highest BCUT2D eigenvalue weighted by Crippen LogP contribution is 2.28. The lowest BCUT2D eigenvalue weighted by Crippen LogP contribution is -2.40. The van der Waals surface area contributed by atoms with Crippen molar-refractivity contribution in [3.05, 3.63) is 71.0 Å². The van der Waals surface area contributed by atoms with Gasteiger partial charge in [-0.3, -0.25) is 9.36 Å². The van der Waals surface area contributed by atoms with E-state index in [1.807, 2.05) is 25.3 Å². The first-order chi connectivity index (χ1) is 14.7. The van der Waals surface area contributed by atoms with Crippen LogP contribution in [-0.4, -0.2) is 26.6 Å². The van der Waals surface area contributed by atoms with Crippen LogP contribution in [0.3, 0.4) is 0 Å². The summed E-state index contributed by atoms with van der Waals surface area (Å²) in [6, 6.07) is 16.4. The normalized spacial score (nSPS) is 12.6. The van der Waals surface area contributed by atoms with Crippen LogP contribution in [-0.2, 0) is 10.5 Å². The number of benzene rings is 2. The molecule has 1 atom stereocenters. The van der Waals surface area contributed by atoms with Crippen molar-refractivity contribution in [2.24, 2.45) is 5.41 Å². The Morgan fingerprint density at radius 1 is 1.13 bits per heavy atom. The Labute approximate surface area is 193 Å². The number of rotatable bonds is 8. The number of hydrogen-bond donors (Lipinski definition) is 1. The summed E-state index contributed by atoms with van der Waals surface area (Å²) in [5.74, 6) is 1.61. The molecule has 31 heavy (non-hydrogen) atoms. The highest BCUT2D eigenvalue weighted by atomic mass is 35.5. The second kappa shape index (κ2) is 9.88. The van der Waals surface area contributed by atoms with Crippen LogP contribution in [0.4, 0.5) is 0 Å². The molecule has 1 unspecified atom stereocenters. The number of nitrogens with zero attached hydrogens (tertiary/aromatic N) is 3. The second-order valence-corrected chi connectivity index (χ2v) is 9.71.